The number of hydrogen-bond donors (Lipinski definition) is 0. The summed E-state index contributed by atoms with van der Waals surface area (Å²) in [5.74, 6) is 1.30. The highest BCUT2D eigenvalue weighted by Gasteiger charge is 2.20. The lowest BCUT2D eigenvalue weighted by Gasteiger charge is -2.16. The monoisotopic (exact) mass is 300 g/mol. The Morgan fingerprint density at radius 3 is 2.55 bits per heavy atom. The van der Waals surface area contributed by atoms with Crippen LogP contribution in [0.25, 0.3) is 0 Å². The number of ether oxygens (including phenoxy) is 2. The summed E-state index contributed by atoms with van der Waals surface area (Å²) in [6.07, 6.45) is 2.97. The predicted octanol–water partition coefficient (Wildman–Crippen LogP) is 3.03. The third kappa shape index (κ3) is 2.82. The number of halogens is 1. The van der Waals surface area contributed by atoms with Gasteiger partial charge in [-0.2, -0.15) is 0 Å². The van der Waals surface area contributed by atoms with Crippen LogP contribution in [0.2, 0.25) is 0 Å². The molecule has 1 heterocycles. The average Bonchev–Trinajstić information content (AvgIpc) is 2.55. The molecule has 0 spiro atoms. The fourth-order valence-electron chi connectivity index (χ4n) is 2.77. The molecule has 0 N–H and O–H groups in total. The molecule has 3 rings (SSSR count). The van der Waals surface area contributed by atoms with Gasteiger partial charge in [-0.1, -0.05) is 12.1 Å². The number of benzene rings is 2. The van der Waals surface area contributed by atoms with Crippen LogP contribution in [-0.4, -0.2) is 31.6 Å². The lowest BCUT2D eigenvalue weighted by molar-refractivity contribution is -0.540. The van der Waals surface area contributed by atoms with E-state index in [0.717, 1.165) is 24.3 Å². The molecule has 0 aromatic heterocycles. The molecule has 0 atom stereocenters. The molecule has 2 aromatic rings. The number of nitrogens with zero attached hydrogens (tertiary/aromatic N) is 1. The average molecular weight is 300 g/mol. The number of fused-ring (bicyclic) bond motifs is 1. The molecule has 0 saturated carbocycles. The Bertz CT molecular complexity index is 725. The van der Waals surface area contributed by atoms with Gasteiger partial charge in [0, 0.05) is 12.0 Å². The van der Waals surface area contributed by atoms with Gasteiger partial charge in [0.25, 0.3) is 0 Å². The van der Waals surface area contributed by atoms with Crippen LogP contribution in [0.4, 0.5) is 4.39 Å². The molecule has 2 aromatic carbocycles. The lowest BCUT2D eigenvalue weighted by atomic mass is 10.0. The van der Waals surface area contributed by atoms with Gasteiger partial charge in [-0.05, 0) is 29.8 Å². The maximum atomic E-state index is 13.8. The first kappa shape index (κ1) is 14.6. The maximum absolute atomic E-state index is 13.8. The minimum atomic E-state index is -0.158. The Balaban J connectivity index is 1.91. The Morgan fingerprint density at radius 2 is 1.82 bits per heavy atom. The molecule has 3 nitrogen and oxygen atoms in total. The van der Waals surface area contributed by atoms with Gasteiger partial charge in [-0.15, -0.1) is 0 Å². The molecule has 0 amide bonds. The van der Waals surface area contributed by atoms with Gasteiger partial charge in [0.2, 0.25) is 0 Å². The van der Waals surface area contributed by atoms with Gasteiger partial charge in [0.15, 0.2) is 24.3 Å². The van der Waals surface area contributed by atoms with Gasteiger partial charge in [-0.25, -0.2) is 8.97 Å². The van der Waals surface area contributed by atoms with Crippen LogP contribution < -0.4 is 9.47 Å². The first-order valence-electron chi connectivity index (χ1n) is 7.28. The Morgan fingerprint density at radius 1 is 1.09 bits per heavy atom. The van der Waals surface area contributed by atoms with Gasteiger partial charge in [0.1, 0.15) is 12.4 Å². The standard InChI is InChI=1S/C18H19FNO2/c1-21-17-9-13-7-8-20(12-15(13)10-18(17)22-2)11-14-5-3-4-6-16(14)19/h3-6,9-10,12H,7-8,11H2,1-2H3/q+1. The van der Waals surface area contributed by atoms with E-state index in [2.05, 4.69) is 10.8 Å². The molecule has 0 saturated heterocycles. The molecule has 1 aliphatic heterocycles. The molecule has 1 aliphatic rings. The minimum absolute atomic E-state index is 0.158. The highest BCUT2D eigenvalue weighted by molar-refractivity contribution is 5.80. The van der Waals surface area contributed by atoms with Crippen molar-refractivity contribution in [2.24, 2.45) is 0 Å². The quantitative estimate of drug-likeness (QED) is 0.810. The lowest BCUT2D eigenvalue weighted by Crippen LogP contribution is -2.23. The summed E-state index contributed by atoms with van der Waals surface area (Å²) < 4.78 is 26.6. The van der Waals surface area contributed by atoms with Crippen molar-refractivity contribution in [1.29, 1.82) is 0 Å². The predicted molar refractivity (Wildman–Crippen MR) is 83.6 cm³/mol. The van der Waals surface area contributed by atoms with Gasteiger partial charge in [0.05, 0.1) is 19.8 Å². The van der Waals surface area contributed by atoms with Crippen molar-refractivity contribution in [3.63, 3.8) is 0 Å². The molecule has 114 valence electrons. The second-order valence-electron chi connectivity index (χ2n) is 5.35. The summed E-state index contributed by atoms with van der Waals surface area (Å²) in [5, 5.41) is 0. The van der Waals surface area contributed by atoms with E-state index in [1.807, 2.05) is 24.3 Å². The first-order chi connectivity index (χ1) is 10.7. The molecule has 0 unspecified atom stereocenters. The zero-order chi connectivity index (χ0) is 15.5. The second-order valence-corrected chi connectivity index (χ2v) is 5.35. The van der Waals surface area contributed by atoms with Crippen molar-refractivity contribution >= 4 is 6.21 Å². The van der Waals surface area contributed by atoms with Gasteiger partial charge < -0.3 is 9.47 Å². The van der Waals surface area contributed by atoms with E-state index in [4.69, 9.17) is 9.47 Å². The fourth-order valence-corrected chi connectivity index (χ4v) is 2.77. The summed E-state index contributed by atoms with van der Waals surface area (Å²) in [4.78, 5) is 0. The zero-order valence-corrected chi connectivity index (χ0v) is 12.8. The van der Waals surface area contributed by atoms with Crippen LogP contribution in [0, 0.1) is 5.82 Å². The van der Waals surface area contributed by atoms with E-state index in [1.54, 1.807) is 20.3 Å². The third-order valence-corrected chi connectivity index (χ3v) is 3.97. The Labute approximate surface area is 129 Å². The molecule has 0 bridgehead atoms. The van der Waals surface area contributed by atoms with E-state index in [-0.39, 0.29) is 5.82 Å². The van der Waals surface area contributed by atoms with Gasteiger partial charge in [-0.3, -0.25) is 0 Å². The molecule has 0 fully saturated rings. The molecular weight excluding hydrogens is 281 g/mol. The fraction of sp³-hybridized carbons (Fsp3) is 0.278. The molecule has 4 heteroatoms. The van der Waals surface area contributed by atoms with Crippen LogP contribution in [0.5, 0.6) is 11.5 Å². The largest absolute Gasteiger partial charge is 0.493 e. The van der Waals surface area contributed by atoms with E-state index in [0.29, 0.717) is 17.9 Å². The smallest absolute Gasteiger partial charge is 0.171 e. The number of methoxy groups -OCH3 is 2. The Hall–Kier alpha value is -2.36. The van der Waals surface area contributed by atoms with E-state index >= 15 is 0 Å². The second kappa shape index (κ2) is 6.18. The summed E-state index contributed by atoms with van der Waals surface area (Å²) in [6, 6.07) is 10.9. The van der Waals surface area contributed by atoms with Crippen LogP contribution in [0.1, 0.15) is 16.7 Å². The van der Waals surface area contributed by atoms with Crippen LogP contribution >= 0.6 is 0 Å². The zero-order valence-electron chi connectivity index (χ0n) is 12.8. The molecule has 0 radical (unpaired) electrons. The minimum Gasteiger partial charge on any atom is -0.493 e. The third-order valence-electron chi connectivity index (χ3n) is 3.97. The molecular formula is C18H19FNO2+. The Kier molecular flexibility index (Phi) is 4.09. The summed E-state index contributed by atoms with van der Waals surface area (Å²) in [6.45, 7) is 1.43. The SMILES string of the molecule is COc1cc2c(cc1OC)CC[N+](Cc1ccccc1F)=C2. The van der Waals surface area contributed by atoms with Crippen molar-refractivity contribution in [2.45, 2.75) is 13.0 Å². The summed E-state index contributed by atoms with van der Waals surface area (Å²) >= 11 is 0. The summed E-state index contributed by atoms with van der Waals surface area (Å²) in [5.41, 5.74) is 3.03. The van der Waals surface area contributed by atoms with Crippen molar-refractivity contribution < 1.29 is 18.4 Å². The van der Waals surface area contributed by atoms with E-state index in [9.17, 15) is 4.39 Å². The number of hydrogen-bond acceptors (Lipinski definition) is 2. The normalized spacial score (nSPS) is 13.3. The van der Waals surface area contributed by atoms with Crippen LogP contribution in [0.3, 0.4) is 0 Å². The van der Waals surface area contributed by atoms with Crippen LogP contribution in [0.15, 0.2) is 36.4 Å². The van der Waals surface area contributed by atoms with E-state index in [1.165, 1.54) is 11.6 Å². The van der Waals surface area contributed by atoms with Crippen molar-refractivity contribution in [3.05, 3.63) is 58.9 Å². The topological polar surface area (TPSA) is 21.5 Å². The van der Waals surface area contributed by atoms with Crippen LogP contribution in [-0.2, 0) is 13.0 Å². The van der Waals surface area contributed by atoms with E-state index < -0.39 is 0 Å². The number of rotatable bonds is 4. The summed E-state index contributed by atoms with van der Waals surface area (Å²) in [7, 11) is 3.27. The van der Waals surface area contributed by atoms with Crippen molar-refractivity contribution in [1.82, 2.24) is 0 Å². The first-order valence-corrected chi connectivity index (χ1v) is 7.28. The van der Waals surface area contributed by atoms with Crippen molar-refractivity contribution in [2.75, 3.05) is 20.8 Å². The maximum Gasteiger partial charge on any atom is 0.171 e. The highest BCUT2D eigenvalue weighted by Crippen LogP contribution is 2.31. The molecule has 0 aliphatic carbocycles. The van der Waals surface area contributed by atoms with Crippen molar-refractivity contribution in [3.8, 4) is 11.5 Å². The van der Waals surface area contributed by atoms with Gasteiger partial charge >= 0.3 is 0 Å². The highest BCUT2D eigenvalue weighted by atomic mass is 19.1. The molecule has 22 heavy (non-hydrogen) atoms.